The summed E-state index contributed by atoms with van der Waals surface area (Å²) in [7, 11) is 0. The summed E-state index contributed by atoms with van der Waals surface area (Å²) in [6.07, 6.45) is -12.0. The van der Waals surface area contributed by atoms with Gasteiger partial charge in [0, 0.05) is 14.5 Å². The van der Waals surface area contributed by atoms with Crippen LogP contribution in [0.4, 0.5) is 32.0 Å². The molecule has 0 aliphatic rings. The molecule has 0 spiro atoms. The Balaban J connectivity index is 3.31. The monoisotopic (exact) mass is 501 g/mol. The van der Waals surface area contributed by atoms with Crippen LogP contribution in [0.5, 0.6) is 0 Å². The molecule has 4 nitrogen and oxygen atoms in total. The first-order valence-electron chi connectivity index (χ1n) is 6.50. The summed E-state index contributed by atoms with van der Waals surface area (Å²) in [6.45, 7) is 1.30. The Kier molecular flexibility index (Phi) is 6.79. The fourth-order valence-corrected chi connectivity index (χ4v) is 3.28. The Morgan fingerprint density at radius 3 is 1.92 bits per heavy atom. The molecular formula is C13H11Br2F6NO3. The Bertz CT molecular complexity index is 611. The van der Waals surface area contributed by atoms with E-state index in [1.165, 1.54) is 0 Å². The van der Waals surface area contributed by atoms with Gasteiger partial charge in [0.15, 0.2) is 0 Å². The average molecular weight is 503 g/mol. The minimum absolute atomic E-state index is 0.0171. The van der Waals surface area contributed by atoms with Gasteiger partial charge in [-0.1, -0.05) is 0 Å². The van der Waals surface area contributed by atoms with Crippen LogP contribution < -0.4 is 5.32 Å². The summed E-state index contributed by atoms with van der Waals surface area (Å²) in [5.74, 6) is -0.674. The molecule has 0 fully saturated rings. The molecule has 12 heteroatoms. The highest BCUT2D eigenvalue weighted by molar-refractivity contribution is 9.11. The Morgan fingerprint density at radius 1 is 1.12 bits per heavy atom. The highest BCUT2D eigenvalue weighted by Gasteiger charge is 2.71. The topological polar surface area (TPSA) is 58.6 Å². The van der Waals surface area contributed by atoms with E-state index in [2.05, 4.69) is 41.9 Å². The van der Waals surface area contributed by atoms with Gasteiger partial charge in [-0.3, -0.25) is 4.79 Å². The standard InChI is InChI=1S/C13H11Br2F6NO3/c1-2-25-9(23)5-22-10-7(14)3-6(4-8(10)15)11(24,12(16,17)18)13(19,20)21/h3-4,22,24H,2,5H2,1H3. The predicted molar refractivity (Wildman–Crippen MR) is 83.0 cm³/mol. The number of hydrogen-bond acceptors (Lipinski definition) is 4. The largest absolute Gasteiger partial charge is 0.465 e. The lowest BCUT2D eigenvalue weighted by Crippen LogP contribution is -2.53. The van der Waals surface area contributed by atoms with E-state index in [0.717, 1.165) is 0 Å². The number of ether oxygens (including phenoxy) is 1. The molecular weight excluding hydrogens is 492 g/mol. The van der Waals surface area contributed by atoms with Crippen LogP contribution in [0.3, 0.4) is 0 Å². The molecule has 142 valence electrons. The van der Waals surface area contributed by atoms with Crippen LogP contribution >= 0.6 is 31.9 Å². The third-order valence-electron chi connectivity index (χ3n) is 3.00. The van der Waals surface area contributed by atoms with Crippen molar-refractivity contribution < 1.29 is 41.0 Å². The fraction of sp³-hybridized carbons (Fsp3) is 0.462. The molecule has 0 heterocycles. The van der Waals surface area contributed by atoms with Crippen molar-refractivity contribution in [3.8, 4) is 0 Å². The van der Waals surface area contributed by atoms with Crippen molar-refractivity contribution in [2.24, 2.45) is 0 Å². The molecule has 0 unspecified atom stereocenters. The zero-order valence-electron chi connectivity index (χ0n) is 12.4. The quantitative estimate of drug-likeness (QED) is 0.460. The zero-order chi connectivity index (χ0) is 19.6. The molecule has 1 aromatic rings. The average Bonchev–Trinajstić information content (AvgIpc) is 2.43. The van der Waals surface area contributed by atoms with Gasteiger partial charge in [-0.25, -0.2) is 0 Å². The maximum absolute atomic E-state index is 12.9. The first kappa shape index (κ1) is 22.0. The van der Waals surface area contributed by atoms with Crippen LogP contribution in [0.2, 0.25) is 0 Å². The number of rotatable bonds is 5. The number of aliphatic hydroxyl groups is 1. The van der Waals surface area contributed by atoms with E-state index < -0.39 is 29.5 Å². The molecule has 1 rings (SSSR count). The number of esters is 1. The van der Waals surface area contributed by atoms with Crippen LogP contribution in [0, 0.1) is 0 Å². The van der Waals surface area contributed by atoms with Crippen molar-refractivity contribution in [3.63, 3.8) is 0 Å². The van der Waals surface area contributed by atoms with Gasteiger partial charge in [-0.2, -0.15) is 26.3 Å². The number of benzene rings is 1. The van der Waals surface area contributed by atoms with E-state index in [0.29, 0.717) is 12.1 Å². The minimum atomic E-state index is -6.00. The maximum Gasteiger partial charge on any atom is 0.430 e. The normalized spacial score (nSPS) is 12.9. The number of alkyl halides is 6. The van der Waals surface area contributed by atoms with Gasteiger partial charge < -0.3 is 15.2 Å². The van der Waals surface area contributed by atoms with Crippen molar-refractivity contribution >= 4 is 43.5 Å². The van der Waals surface area contributed by atoms with Gasteiger partial charge in [0.2, 0.25) is 0 Å². The molecule has 0 aliphatic carbocycles. The molecule has 0 amide bonds. The van der Waals surface area contributed by atoms with Crippen molar-refractivity contribution in [1.29, 1.82) is 0 Å². The van der Waals surface area contributed by atoms with Crippen molar-refractivity contribution in [2.75, 3.05) is 18.5 Å². The van der Waals surface area contributed by atoms with E-state index >= 15 is 0 Å². The Hall–Kier alpha value is -1.01. The van der Waals surface area contributed by atoms with Gasteiger partial charge in [-0.05, 0) is 50.9 Å². The van der Waals surface area contributed by atoms with Gasteiger partial charge in [0.25, 0.3) is 5.60 Å². The van der Waals surface area contributed by atoms with E-state index in [1.54, 1.807) is 6.92 Å². The highest BCUT2D eigenvalue weighted by atomic mass is 79.9. The number of halogens is 8. The van der Waals surface area contributed by atoms with E-state index in [4.69, 9.17) is 0 Å². The second kappa shape index (κ2) is 7.70. The van der Waals surface area contributed by atoms with Crippen LogP contribution in [0.1, 0.15) is 12.5 Å². The van der Waals surface area contributed by atoms with Crippen LogP contribution in [0.15, 0.2) is 21.1 Å². The number of carbonyl (C=O) groups is 1. The predicted octanol–water partition coefficient (Wildman–Crippen LogP) is 4.50. The summed E-state index contributed by atoms with van der Waals surface area (Å²) < 4.78 is 81.7. The highest BCUT2D eigenvalue weighted by Crippen LogP contribution is 2.51. The van der Waals surface area contributed by atoms with E-state index in [9.17, 15) is 36.2 Å². The molecule has 25 heavy (non-hydrogen) atoms. The Labute approximate surface area is 154 Å². The second-order valence-electron chi connectivity index (χ2n) is 4.68. The number of nitrogens with one attached hydrogen (secondary N) is 1. The molecule has 0 atom stereocenters. The van der Waals surface area contributed by atoms with Crippen LogP contribution in [0.25, 0.3) is 0 Å². The number of hydrogen-bond donors (Lipinski definition) is 2. The second-order valence-corrected chi connectivity index (χ2v) is 6.39. The zero-order valence-corrected chi connectivity index (χ0v) is 15.5. The number of anilines is 1. The van der Waals surface area contributed by atoms with Gasteiger partial charge in [0.05, 0.1) is 12.3 Å². The summed E-state index contributed by atoms with van der Waals surface area (Å²) in [5.41, 5.74) is -6.47. The molecule has 0 radical (unpaired) electrons. The van der Waals surface area contributed by atoms with Crippen molar-refractivity contribution in [2.45, 2.75) is 24.9 Å². The minimum Gasteiger partial charge on any atom is -0.465 e. The van der Waals surface area contributed by atoms with Crippen molar-refractivity contribution in [3.05, 3.63) is 26.6 Å². The summed E-state index contributed by atoms with van der Waals surface area (Å²) in [4.78, 5) is 11.3. The smallest absolute Gasteiger partial charge is 0.430 e. The molecule has 0 bridgehead atoms. The summed E-state index contributed by atoms with van der Waals surface area (Å²) in [6, 6.07) is 0.943. The summed E-state index contributed by atoms with van der Waals surface area (Å²) >= 11 is 5.65. The van der Waals surface area contributed by atoms with Gasteiger partial charge >= 0.3 is 18.3 Å². The molecule has 0 saturated carbocycles. The third-order valence-corrected chi connectivity index (χ3v) is 4.25. The third kappa shape index (κ3) is 4.59. The lowest BCUT2D eigenvalue weighted by Gasteiger charge is -2.33. The SMILES string of the molecule is CCOC(=O)CNc1c(Br)cc(C(O)(C(F)(F)F)C(F)(F)F)cc1Br. The summed E-state index contributed by atoms with van der Waals surface area (Å²) in [5, 5.41) is 11.9. The van der Waals surface area contributed by atoms with Crippen LogP contribution in [-0.4, -0.2) is 36.6 Å². The van der Waals surface area contributed by atoms with Gasteiger partial charge in [-0.15, -0.1) is 0 Å². The van der Waals surface area contributed by atoms with Crippen LogP contribution in [-0.2, 0) is 15.1 Å². The van der Waals surface area contributed by atoms with E-state index in [1.807, 2.05) is 0 Å². The number of carbonyl (C=O) groups excluding carboxylic acids is 1. The maximum atomic E-state index is 12.9. The molecule has 0 saturated heterocycles. The van der Waals surface area contributed by atoms with E-state index in [-0.39, 0.29) is 27.8 Å². The molecule has 2 N–H and O–H groups in total. The first-order chi connectivity index (χ1) is 11.3. The molecule has 0 aromatic heterocycles. The lowest BCUT2D eigenvalue weighted by atomic mass is 9.92. The molecule has 1 aromatic carbocycles. The van der Waals surface area contributed by atoms with Gasteiger partial charge in [0.1, 0.15) is 6.54 Å². The fourth-order valence-electron chi connectivity index (χ4n) is 1.81. The Morgan fingerprint density at radius 2 is 1.56 bits per heavy atom. The lowest BCUT2D eigenvalue weighted by molar-refractivity contribution is -0.376. The first-order valence-corrected chi connectivity index (χ1v) is 8.09. The van der Waals surface area contributed by atoms with Crippen molar-refractivity contribution in [1.82, 2.24) is 0 Å². The molecule has 0 aliphatic heterocycles.